The summed E-state index contributed by atoms with van der Waals surface area (Å²) in [6.07, 6.45) is -0.345. The summed E-state index contributed by atoms with van der Waals surface area (Å²) in [5, 5.41) is 2.74. The summed E-state index contributed by atoms with van der Waals surface area (Å²) < 4.78 is 6.30. The number of amides is 1. The van der Waals surface area contributed by atoms with E-state index < -0.39 is 5.60 Å². The number of carbonyl (C=O) groups excluding carboxylic acids is 1. The largest absolute Gasteiger partial charge is 0.444 e. The molecule has 1 aromatic rings. The van der Waals surface area contributed by atoms with Gasteiger partial charge in [0.2, 0.25) is 0 Å². The van der Waals surface area contributed by atoms with Crippen molar-refractivity contribution in [1.29, 1.82) is 0 Å². The SMILES string of the molecule is CC(C)(C)OC(=O)NCCSCc1ccc(Br)s1. The number of hydrogen-bond acceptors (Lipinski definition) is 4. The van der Waals surface area contributed by atoms with Crippen molar-refractivity contribution in [2.45, 2.75) is 32.1 Å². The van der Waals surface area contributed by atoms with Crippen LogP contribution in [-0.2, 0) is 10.5 Å². The quantitative estimate of drug-likeness (QED) is 0.805. The molecule has 0 saturated heterocycles. The van der Waals surface area contributed by atoms with Crippen LogP contribution in [0.5, 0.6) is 0 Å². The van der Waals surface area contributed by atoms with Gasteiger partial charge in [0.05, 0.1) is 3.79 Å². The molecule has 6 heteroatoms. The van der Waals surface area contributed by atoms with Gasteiger partial charge in [-0.1, -0.05) is 0 Å². The molecule has 0 saturated carbocycles. The molecule has 1 rings (SSSR count). The molecule has 1 N–H and O–H groups in total. The number of thioether (sulfide) groups is 1. The standard InChI is InChI=1S/C12H18BrNO2S2/c1-12(2,3)16-11(15)14-6-7-17-8-9-4-5-10(13)18-9/h4-5H,6-8H2,1-3H3,(H,14,15). The van der Waals surface area contributed by atoms with Crippen molar-refractivity contribution in [2.75, 3.05) is 12.3 Å². The van der Waals surface area contributed by atoms with Crippen molar-refractivity contribution >= 4 is 45.1 Å². The summed E-state index contributed by atoms with van der Waals surface area (Å²) in [6.45, 7) is 6.20. The molecule has 18 heavy (non-hydrogen) atoms. The van der Waals surface area contributed by atoms with E-state index in [4.69, 9.17) is 4.74 Å². The van der Waals surface area contributed by atoms with Gasteiger partial charge in [0, 0.05) is 22.9 Å². The van der Waals surface area contributed by atoms with Crippen molar-refractivity contribution in [2.24, 2.45) is 0 Å². The molecule has 0 fully saturated rings. The van der Waals surface area contributed by atoms with Crippen LogP contribution in [0.3, 0.4) is 0 Å². The topological polar surface area (TPSA) is 38.3 Å². The van der Waals surface area contributed by atoms with Crippen LogP contribution in [0.25, 0.3) is 0 Å². The van der Waals surface area contributed by atoms with Gasteiger partial charge < -0.3 is 10.1 Å². The number of hydrogen-bond donors (Lipinski definition) is 1. The van der Waals surface area contributed by atoms with E-state index >= 15 is 0 Å². The summed E-state index contributed by atoms with van der Waals surface area (Å²) in [5.41, 5.74) is -0.430. The fourth-order valence-corrected chi connectivity index (χ4v) is 3.59. The summed E-state index contributed by atoms with van der Waals surface area (Å²) in [7, 11) is 0. The molecule has 0 aliphatic carbocycles. The first kappa shape index (κ1) is 15.9. The molecule has 0 bridgehead atoms. The zero-order chi connectivity index (χ0) is 13.6. The van der Waals surface area contributed by atoms with Crippen LogP contribution in [0.2, 0.25) is 0 Å². The third-order valence-corrected chi connectivity index (χ3v) is 4.60. The lowest BCUT2D eigenvalue weighted by Crippen LogP contribution is -2.33. The molecule has 1 amide bonds. The Kier molecular flexibility index (Phi) is 6.52. The van der Waals surface area contributed by atoms with Gasteiger partial charge >= 0.3 is 6.09 Å². The normalized spacial score (nSPS) is 11.3. The Morgan fingerprint density at radius 3 is 2.78 bits per heavy atom. The third-order valence-electron chi connectivity index (χ3n) is 1.79. The molecule has 1 aromatic heterocycles. The van der Waals surface area contributed by atoms with E-state index in [1.165, 1.54) is 4.88 Å². The highest BCUT2D eigenvalue weighted by Gasteiger charge is 2.15. The number of alkyl carbamates (subject to hydrolysis) is 1. The average Bonchev–Trinajstić information content (AvgIpc) is 2.61. The minimum atomic E-state index is -0.430. The van der Waals surface area contributed by atoms with Crippen molar-refractivity contribution < 1.29 is 9.53 Å². The number of halogens is 1. The van der Waals surface area contributed by atoms with Crippen LogP contribution in [0.15, 0.2) is 15.9 Å². The highest BCUT2D eigenvalue weighted by atomic mass is 79.9. The highest BCUT2D eigenvalue weighted by molar-refractivity contribution is 9.11. The second kappa shape index (κ2) is 7.40. The lowest BCUT2D eigenvalue weighted by molar-refractivity contribution is 0.0531. The molecule has 0 radical (unpaired) electrons. The van der Waals surface area contributed by atoms with Gasteiger partial charge in [0.15, 0.2) is 0 Å². The van der Waals surface area contributed by atoms with Crippen molar-refractivity contribution in [3.8, 4) is 0 Å². The van der Waals surface area contributed by atoms with Gasteiger partial charge in [-0.05, 0) is 48.8 Å². The maximum Gasteiger partial charge on any atom is 0.407 e. The lowest BCUT2D eigenvalue weighted by atomic mass is 10.2. The van der Waals surface area contributed by atoms with E-state index in [1.54, 1.807) is 23.1 Å². The summed E-state index contributed by atoms with van der Waals surface area (Å²) in [6, 6.07) is 4.17. The first-order valence-electron chi connectivity index (χ1n) is 5.65. The van der Waals surface area contributed by atoms with E-state index in [9.17, 15) is 4.79 Å². The number of thiophene rings is 1. The van der Waals surface area contributed by atoms with Crippen molar-refractivity contribution in [3.63, 3.8) is 0 Å². The van der Waals surface area contributed by atoms with Crippen molar-refractivity contribution in [1.82, 2.24) is 5.32 Å². The van der Waals surface area contributed by atoms with Gasteiger partial charge in [-0.2, -0.15) is 11.8 Å². The molecular formula is C12H18BrNO2S2. The Labute approximate surface area is 125 Å². The predicted molar refractivity (Wildman–Crippen MR) is 82.4 cm³/mol. The number of nitrogens with one attached hydrogen (secondary N) is 1. The van der Waals surface area contributed by atoms with Crippen molar-refractivity contribution in [3.05, 3.63) is 20.8 Å². The van der Waals surface area contributed by atoms with Gasteiger partial charge in [0.25, 0.3) is 0 Å². The average molecular weight is 352 g/mol. The number of ether oxygens (including phenoxy) is 1. The summed E-state index contributed by atoms with van der Waals surface area (Å²) in [5.74, 6) is 1.86. The molecular weight excluding hydrogens is 334 g/mol. The first-order valence-corrected chi connectivity index (χ1v) is 8.42. The Morgan fingerprint density at radius 1 is 1.50 bits per heavy atom. The van der Waals surface area contributed by atoms with Crippen LogP contribution in [0.1, 0.15) is 25.6 Å². The summed E-state index contributed by atoms with van der Waals surface area (Å²) >= 11 is 6.98. The Bertz CT molecular complexity index is 388. The van der Waals surface area contributed by atoms with E-state index in [-0.39, 0.29) is 6.09 Å². The van der Waals surface area contributed by atoms with Crippen LogP contribution in [0, 0.1) is 0 Å². The van der Waals surface area contributed by atoms with Gasteiger partial charge in [0.1, 0.15) is 5.60 Å². The second-order valence-electron chi connectivity index (χ2n) is 4.69. The zero-order valence-electron chi connectivity index (χ0n) is 10.8. The minimum Gasteiger partial charge on any atom is -0.444 e. The molecule has 0 spiro atoms. The molecule has 102 valence electrons. The van der Waals surface area contributed by atoms with Gasteiger partial charge in [-0.25, -0.2) is 4.79 Å². The van der Waals surface area contributed by atoms with Crippen LogP contribution in [-0.4, -0.2) is 24.0 Å². The maximum absolute atomic E-state index is 11.3. The first-order chi connectivity index (χ1) is 8.37. The smallest absolute Gasteiger partial charge is 0.407 e. The van der Waals surface area contributed by atoms with E-state index in [0.717, 1.165) is 15.3 Å². The van der Waals surface area contributed by atoms with E-state index in [2.05, 4.69) is 33.4 Å². The van der Waals surface area contributed by atoms with Gasteiger partial charge in [-0.3, -0.25) is 0 Å². The lowest BCUT2D eigenvalue weighted by Gasteiger charge is -2.19. The van der Waals surface area contributed by atoms with E-state index in [0.29, 0.717) is 6.54 Å². The number of carbonyl (C=O) groups is 1. The maximum atomic E-state index is 11.3. The second-order valence-corrected chi connectivity index (χ2v) is 8.34. The fraction of sp³-hybridized carbons (Fsp3) is 0.583. The van der Waals surface area contributed by atoms with Crippen LogP contribution < -0.4 is 5.32 Å². The Morgan fingerprint density at radius 2 is 2.22 bits per heavy atom. The third kappa shape index (κ3) is 7.28. The summed E-state index contributed by atoms with van der Waals surface area (Å²) in [4.78, 5) is 12.7. The molecule has 1 heterocycles. The predicted octanol–water partition coefficient (Wildman–Crippen LogP) is 4.27. The van der Waals surface area contributed by atoms with Gasteiger partial charge in [-0.15, -0.1) is 11.3 Å². The Balaban J connectivity index is 2.07. The number of rotatable bonds is 5. The van der Waals surface area contributed by atoms with Crippen LogP contribution >= 0.6 is 39.0 Å². The fourth-order valence-electron chi connectivity index (χ4n) is 1.14. The molecule has 0 atom stereocenters. The molecule has 0 aliphatic rings. The molecule has 0 aliphatic heterocycles. The molecule has 0 aromatic carbocycles. The Hall–Kier alpha value is -0.200. The highest BCUT2D eigenvalue weighted by Crippen LogP contribution is 2.25. The molecule has 0 unspecified atom stereocenters. The molecule has 3 nitrogen and oxygen atoms in total. The monoisotopic (exact) mass is 351 g/mol. The zero-order valence-corrected chi connectivity index (χ0v) is 14.0. The minimum absolute atomic E-state index is 0.345. The van der Waals surface area contributed by atoms with E-state index in [1.807, 2.05) is 20.8 Å². The van der Waals surface area contributed by atoms with Crippen LogP contribution in [0.4, 0.5) is 4.79 Å².